The van der Waals surface area contributed by atoms with Crippen molar-refractivity contribution in [3.63, 3.8) is 0 Å². The van der Waals surface area contributed by atoms with Gasteiger partial charge >= 0.3 is 0 Å². The lowest BCUT2D eigenvalue weighted by atomic mass is 10.2. The monoisotopic (exact) mass is 232 g/mol. The maximum absolute atomic E-state index is 12.3. The van der Waals surface area contributed by atoms with Crippen molar-refractivity contribution in [2.75, 3.05) is 0 Å². The zero-order valence-corrected chi connectivity index (χ0v) is 9.64. The predicted molar refractivity (Wildman–Crippen MR) is 68.6 cm³/mol. The van der Waals surface area contributed by atoms with Gasteiger partial charge in [0.05, 0.1) is 0 Å². The van der Waals surface area contributed by atoms with Crippen molar-refractivity contribution in [2.45, 2.75) is 13.1 Å². The minimum Gasteiger partial charge on any atom is -0.326 e. The molecule has 2 rings (SSSR count). The molecular formula is C14H17FN2. The van der Waals surface area contributed by atoms with Crippen molar-refractivity contribution in [1.82, 2.24) is 0 Å². The minimum atomic E-state index is -0.224. The smallest absolute Gasteiger partial charge is 0.123 e. The van der Waals surface area contributed by atoms with Crippen LogP contribution < -0.4 is 11.5 Å². The molecule has 2 aromatic carbocycles. The van der Waals surface area contributed by atoms with E-state index in [-0.39, 0.29) is 5.82 Å². The minimum absolute atomic E-state index is 0.224. The summed E-state index contributed by atoms with van der Waals surface area (Å²) >= 11 is 0. The van der Waals surface area contributed by atoms with Crippen LogP contribution in [0.2, 0.25) is 0 Å². The maximum Gasteiger partial charge on any atom is 0.123 e. The number of hydrogen-bond donors (Lipinski definition) is 2. The van der Waals surface area contributed by atoms with Gasteiger partial charge in [-0.15, -0.1) is 0 Å². The van der Waals surface area contributed by atoms with Crippen LogP contribution in [0.3, 0.4) is 0 Å². The van der Waals surface area contributed by atoms with E-state index < -0.39 is 0 Å². The van der Waals surface area contributed by atoms with E-state index in [1.54, 1.807) is 12.1 Å². The molecule has 0 aromatic heterocycles. The molecule has 0 aliphatic carbocycles. The van der Waals surface area contributed by atoms with Gasteiger partial charge in [0.15, 0.2) is 0 Å². The molecule has 0 saturated carbocycles. The van der Waals surface area contributed by atoms with Crippen LogP contribution >= 0.6 is 0 Å². The number of hydrogen-bond acceptors (Lipinski definition) is 2. The Labute approximate surface area is 101 Å². The van der Waals surface area contributed by atoms with E-state index in [0.717, 1.165) is 5.56 Å². The summed E-state index contributed by atoms with van der Waals surface area (Å²) in [5.41, 5.74) is 12.6. The molecule has 0 bridgehead atoms. The second-order valence-electron chi connectivity index (χ2n) is 3.52. The summed E-state index contributed by atoms with van der Waals surface area (Å²) in [5, 5.41) is 0. The fourth-order valence-corrected chi connectivity index (χ4v) is 1.28. The Kier molecular flexibility index (Phi) is 5.93. The highest BCUT2D eigenvalue weighted by Crippen LogP contribution is 2.00. The largest absolute Gasteiger partial charge is 0.326 e. The molecule has 4 N–H and O–H groups in total. The van der Waals surface area contributed by atoms with Crippen molar-refractivity contribution >= 4 is 0 Å². The highest BCUT2D eigenvalue weighted by atomic mass is 19.1. The predicted octanol–water partition coefficient (Wildman–Crippen LogP) is 2.43. The molecule has 17 heavy (non-hydrogen) atoms. The zero-order chi connectivity index (χ0) is 12.5. The summed E-state index contributed by atoms with van der Waals surface area (Å²) in [4.78, 5) is 0. The number of nitrogens with two attached hydrogens (primary N) is 2. The first kappa shape index (κ1) is 13.4. The number of benzene rings is 2. The molecule has 0 radical (unpaired) electrons. The van der Waals surface area contributed by atoms with Crippen molar-refractivity contribution < 1.29 is 4.39 Å². The van der Waals surface area contributed by atoms with Crippen LogP contribution in [0.4, 0.5) is 4.39 Å². The summed E-state index contributed by atoms with van der Waals surface area (Å²) in [6.45, 7) is 1.04. The van der Waals surface area contributed by atoms with Crippen LogP contribution in [0, 0.1) is 5.82 Å². The van der Waals surface area contributed by atoms with Crippen molar-refractivity contribution in [3.8, 4) is 0 Å². The van der Waals surface area contributed by atoms with Crippen molar-refractivity contribution in [3.05, 3.63) is 71.5 Å². The van der Waals surface area contributed by atoms with Gasteiger partial charge in [0.2, 0.25) is 0 Å². The third-order valence-electron chi connectivity index (χ3n) is 2.20. The molecule has 2 nitrogen and oxygen atoms in total. The SMILES string of the molecule is NCc1cccc(F)c1.NCc1ccccc1. The third-order valence-corrected chi connectivity index (χ3v) is 2.20. The van der Waals surface area contributed by atoms with Gasteiger partial charge < -0.3 is 11.5 Å². The highest BCUT2D eigenvalue weighted by molar-refractivity contribution is 5.15. The van der Waals surface area contributed by atoms with E-state index in [1.165, 1.54) is 17.7 Å². The Bertz CT molecular complexity index is 429. The molecule has 0 spiro atoms. The van der Waals surface area contributed by atoms with Crippen LogP contribution in [0.25, 0.3) is 0 Å². The van der Waals surface area contributed by atoms with Gasteiger partial charge in [-0.25, -0.2) is 4.39 Å². The highest BCUT2D eigenvalue weighted by Gasteiger charge is 1.89. The van der Waals surface area contributed by atoms with Gasteiger partial charge in [-0.1, -0.05) is 42.5 Å². The number of halogens is 1. The Morgan fingerprint density at radius 2 is 1.35 bits per heavy atom. The molecule has 0 aliphatic heterocycles. The van der Waals surface area contributed by atoms with Gasteiger partial charge in [-0.05, 0) is 23.3 Å². The lowest BCUT2D eigenvalue weighted by Gasteiger charge is -1.92. The van der Waals surface area contributed by atoms with Gasteiger partial charge in [0.1, 0.15) is 5.82 Å². The zero-order valence-electron chi connectivity index (χ0n) is 9.64. The molecule has 0 aliphatic rings. The van der Waals surface area contributed by atoms with Crippen LogP contribution in [0.1, 0.15) is 11.1 Å². The fraction of sp³-hybridized carbons (Fsp3) is 0.143. The second-order valence-corrected chi connectivity index (χ2v) is 3.52. The molecule has 0 amide bonds. The Morgan fingerprint density at radius 3 is 1.76 bits per heavy atom. The number of rotatable bonds is 2. The van der Waals surface area contributed by atoms with E-state index in [0.29, 0.717) is 13.1 Å². The standard InChI is InChI=1S/C7H8FN.C7H9N/c8-7-3-1-2-6(4-7)5-9;8-6-7-4-2-1-3-5-7/h1-4H,5,9H2;1-5H,6,8H2. The molecule has 0 unspecified atom stereocenters. The Morgan fingerprint density at radius 1 is 0.765 bits per heavy atom. The summed E-state index contributed by atoms with van der Waals surface area (Å²) in [5.74, 6) is -0.224. The van der Waals surface area contributed by atoms with Gasteiger partial charge in [0, 0.05) is 13.1 Å². The van der Waals surface area contributed by atoms with E-state index in [2.05, 4.69) is 0 Å². The quantitative estimate of drug-likeness (QED) is 0.835. The maximum atomic E-state index is 12.3. The van der Waals surface area contributed by atoms with E-state index in [9.17, 15) is 4.39 Å². The molecule has 90 valence electrons. The fourth-order valence-electron chi connectivity index (χ4n) is 1.28. The first-order valence-corrected chi connectivity index (χ1v) is 5.44. The summed E-state index contributed by atoms with van der Waals surface area (Å²) in [7, 11) is 0. The Hall–Kier alpha value is -1.71. The van der Waals surface area contributed by atoms with Crippen molar-refractivity contribution in [1.29, 1.82) is 0 Å². The average Bonchev–Trinajstić information content (AvgIpc) is 2.40. The van der Waals surface area contributed by atoms with Gasteiger partial charge in [-0.3, -0.25) is 0 Å². The summed E-state index contributed by atoms with van der Waals surface area (Å²) in [6.07, 6.45) is 0. The normalized spacial score (nSPS) is 9.35. The second kappa shape index (κ2) is 7.54. The molecule has 0 atom stereocenters. The summed E-state index contributed by atoms with van der Waals surface area (Å²) < 4.78 is 12.3. The van der Waals surface area contributed by atoms with Gasteiger partial charge in [0.25, 0.3) is 0 Å². The molecule has 0 fully saturated rings. The average molecular weight is 232 g/mol. The van der Waals surface area contributed by atoms with E-state index in [4.69, 9.17) is 11.5 Å². The summed E-state index contributed by atoms with van der Waals surface area (Å²) in [6, 6.07) is 16.3. The molecular weight excluding hydrogens is 215 g/mol. The van der Waals surface area contributed by atoms with Crippen LogP contribution in [-0.2, 0) is 13.1 Å². The van der Waals surface area contributed by atoms with Crippen LogP contribution in [-0.4, -0.2) is 0 Å². The Balaban J connectivity index is 0.000000171. The molecule has 3 heteroatoms. The van der Waals surface area contributed by atoms with Crippen LogP contribution in [0.5, 0.6) is 0 Å². The van der Waals surface area contributed by atoms with Gasteiger partial charge in [-0.2, -0.15) is 0 Å². The molecule has 2 aromatic rings. The van der Waals surface area contributed by atoms with Crippen molar-refractivity contribution in [2.24, 2.45) is 11.5 Å². The first-order valence-electron chi connectivity index (χ1n) is 5.44. The first-order chi connectivity index (χ1) is 8.26. The van der Waals surface area contributed by atoms with E-state index >= 15 is 0 Å². The van der Waals surface area contributed by atoms with E-state index in [1.807, 2.05) is 30.3 Å². The topological polar surface area (TPSA) is 52.0 Å². The molecule has 0 heterocycles. The lowest BCUT2D eigenvalue weighted by Crippen LogP contribution is -1.95. The molecule has 0 saturated heterocycles. The third kappa shape index (κ3) is 5.24. The lowest BCUT2D eigenvalue weighted by molar-refractivity contribution is 0.625. The van der Waals surface area contributed by atoms with Crippen LogP contribution in [0.15, 0.2) is 54.6 Å².